The van der Waals surface area contributed by atoms with Gasteiger partial charge in [-0.3, -0.25) is 4.79 Å². The summed E-state index contributed by atoms with van der Waals surface area (Å²) in [6, 6.07) is 7.31. The van der Waals surface area contributed by atoms with Crippen LogP contribution >= 0.6 is 12.4 Å². The number of carbonyl (C=O) groups is 1. The molecule has 3 unspecified atom stereocenters. The molecular formula is C20H31ClN2O2. The van der Waals surface area contributed by atoms with Gasteiger partial charge < -0.3 is 15.0 Å². The lowest BCUT2D eigenvalue weighted by Crippen LogP contribution is -2.44. The first-order valence-electron chi connectivity index (χ1n) is 9.26. The normalized spacial score (nSPS) is 23.8. The Morgan fingerprint density at radius 1 is 1.20 bits per heavy atom. The topological polar surface area (TPSA) is 41.6 Å². The maximum absolute atomic E-state index is 12.9. The molecule has 2 aliphatic rings. The predicted octanol–water partition coefficient (Wildman–Crippen LogP) is 3.66. The summed E-state index contributed by atoms with van der Waals surface area (Å²) in [5.41, 5.74) is 2.32. The minimum Gasteiger partial charge on any atom is -0.481 e. The van der Waals surface area contributed by atoms with Crippen LogP contribution in [-0.4, -0.2) is 42.1 Å². The maximum Gasteiger partial charge on any atom is 0.263 e. The lowest BCUT2D eigenvalue weighted by molar-refractivity contribution is -0.138. The lowest BCUT2D eigenvalue weighted by atomic mass is 10.0. The zero-order valence-electron chi connectivity index (χ0n) is 15.7. The summed E-state index contributed by atoms with van der Waals surface area (Å²) in [5.74, 6) is 1.34. The Bertz CT molecular complexity index is 605. The van der Waals surface area contributed by atoms with Gasteiger partial charge in [0.05, 0.1) is 0 Å². The first kappa shape index (κ1) is 20.1. The molecule has 0 aliphatic carbocycles. The van der Waals surface area contributed by atoms with Crippen molar-refractivity contribution in [1.82, 2.24) is 10.2 Å². The molecule has 25 heavy (non-hydrogen) atoms. The van der Waals surface area contributed by atoms with Gasteiger partial charge in [0.1, 0.15) is 5.75 Å². The van der Waals surface area contributed by atoms with Crippen molar-refractivity contribution in [3.8, 4) is 5.75 Å². The molecule has 0 spiro atoms. The number of nitrogens with zero attached hydrogens (tertiary/aromatic N) is 1. The van der Waals surface area contributed by atoms with Crippen LogP contribution in [0, 0.1) is 6.92 Å². The standard InChI is InChI=1S/C20H30N2O2.ClH/c1-13(2)18-8-5-14(3)11-19(18)24-15(4)20(23)22-10-9-16-6-7-17(12-22)21-16;/h5,8,11,13,15-17,21H,6-7,9-10,12H2,1-4H3;1H. The number of carbonyl (C=O) groups excluding carboxylic acids is 1. The van der Waals surface area contributed by atoms with E-state index in [0.29, 0.717) is 18.0 Å². The Hall–Kier alpha value is -1.26. The van der Waals surface area contributed by atoms with Crippen LogP contribution in [0.25, 0.3) is 0 Å². The first-order chi connectivity index (χ1) is 11.4. The van der Waals surface area contributed by atoms with Gasteiger partial charge in [-0.1, -0.05) is 26.0 Å². The van der Waals surface area contributed by atoms with E-state index in [-0.39, 0.29) is 18.3 Å². The van der Waals surface area contributed by atoms with Gasteiger partial charge in [0.15, 0.2) is 6.10 Å². The number of hydrogen-bond acceptors (Lipinski definition) is 3. The van der Waals surface area contributed by atoms with E-state index in [1.165, 1.54) is 12.8 Å². The van der Waals surface area contributed by atoms with Crippen molar-refractivity contribution in [1.29, 1.82) is 0 Å². The Kier molecular flexibility index (Phi) is 6.75. The van der Waals surface area contributed by atoms with Crippen molar-refractivity contribution in [3.63, 3.8) is 0 Å². The van der Waals surface area contributed by atoms with Crippen LogP contribution in [0.5, 0.6) is 5.75 Å². The molecule has 1 amide bonds. The molecule has 1 aromatic rings. The summed E-state index contributed by atoms with van der Waals surface area (Å²) in [6.45, 7) is 9.90. The number of aryl methyl sites for hydroxylation is 1. The van der Waals surface area contributed by atoms with E-state index < -0.39 is 6.10 Å². The summed E-state index contributed by atoms with van der Waals surface area (Å²) in [7, 11) is 0. The van der Waals surface area contributed by atoms with E-state index in [9.17, 15) is 4.79 Å². The fraction of sp³-hybridized carbons (Fsp3) is 0.650. The number of ether oxygens (including phenoxy) is 1. The average Bonchev–Trinajstić information content (AvgIpc) is 2.85. The molecule has 1 N–H and O–H groups in total. The van der Waals surface area contributed by atoms with Crippen LogP contribution in [0.4, 0.5) is 0 Å². The van der Waals surface area contributed by atoms with Gasteiger partial charge in [0, 0.05) is 25.2 Å². The third-order valence-corrected chi connectivity index (χ3v) is 5.28. The highest BCUT2D eigenvalue weighted by atomic mass is 35.5. The predicted molar refractivity (Wildman–Crippen MR) is 104 cm³/mol. The largest absolute Gasteiger partial charge is 0.481 e. The molecule has 0 aromatic heterocycles. The highest BCUT2D eigenvalue weighted by Crippen LogP contribution is 2.29. The Morgan fingerprint density at radius 2 is 1.92 bits per heavy atom. The molecule has 4 nitrogen and oxygen atoms in total. The number of nitrogens with one attached hydrogen (secondary N) is 1. The average molecular weight is 367 g/mol. The van der Waals surface area contributed by atoms with E-state index in [0.717, 1.165) is 36.4 Å². The van der Waals surface area contributed by atoms with E-state index in [2.05, 4.69) is 38.2 Å². The van der Waals surface area contributed by atoms with Crippen LogP contribution in [-0.2, 0) is 4.79 Å². The molecule has 2 fully saturated rings. The highest BCUT2D eigenvalue weighted by Gasteiger charge is 2.33. The van der Waals surface area contributed by atoms with Crippen molar-refractivity contribution in [2.24, 2.45) is 0 Å². The monoisotopic (exact) mass is 366 g/mol. The van der Waals surface area contributed by atoms with Gasteiger partial charge in [-0.15, -0.1) is 12.4 Å². The molecule has 1 aromatic carbocycles. The van der Waals surface area contributed by atoms with Crippen molar-refractivity contribution in [3.05, 3.63) is 29.3 Å². The minimum atomic E-state index is -0.444. The Labute approximate surface area is 157 Å². The third kappa shape index (κ3) is 4.68. The maximum atomic E-state index is 12.9. The van der Waals surface area contributed by atoms with Gasteiger partial charge in [0.2, 0.25) is 0 Å². The number of benzene rings is 1. The number of halogens is 1. The number of rotatable bonds is 4. The van der Waals surface area contributed by atoms with Crippen molar-refractivity contribution < 1.29 is 9.53 Å². The van der Waals surface area contributed by atoms with E-state index >= 15 is 0 Å². The van der Waals surface area contributed by atoms with Gasteiger partial charge in [-0.25, -0.2) is 0 Å². The zero-order valence-corrected chi connectivity index (χ0v) is 16.6. The molecule has 2 heterocycles. The molecule has 5 heteroatoms. The fourth-order valence-corrected chi connectivity index (χ4v) is 3.86. The second-order valence-corrected chi connectivity index (χ2v) is 7.67. The second kappa shape index (κ2) is 8.41. The Balaban J connectivity index is 0.00000225. The van der Waals surface area contributed by atoms with Gasteiger partial charge >= 0.3 is 0 Å². The molecule has 3 atom stereocenters. The van der Waals surface area contributed by atoms with E-state index in [1.54, 1.807) is 0 Å². The SMILES string of the molecule is Cc1ccc(C(C)C)c(OC(C)C(=O)N2CCC3CCC(C2)N3)c1.Cl. The van der Waals surface area contributed by atoms with Crippen LogP contribution < -0.4 is 10.1 Å². The number of fused-ring (bicyclic) bond motifs is 2. The molecule has 0 radical (unpaired) electrons. The summed E-state index contributed by atoms with van der Waals surface area (Å²) in [6.07, 6.45) is 3.04. The molecule has 3 rings (SSSR count). The van der Waals surface area contributed by atoms with Gasteiger partial charge in [-0.05, 0) is 56.2 Å². The molecule has 2 aliphatic heterocycles. The third-order valence-electron chi connectivity index (χ3n) is 5.28. The first-order valence-corrected chi connectivity index (χ1v) is 9.26. The fourth-order valence-electron chi connectivity index (χ4n) is 3.86. The van der Waals surface area contributed by atoms with Crippen molar-refractivity contribution >= 4 is 18.3 Å². The minimum absolute atomic E-state index is 0. The summed E-state index contributed by atoms with van der Waals surface area (Å²) in [5, 5.41) is 3.62. The number of likely N-dealkylation sites (tertiary alicyclic amines) is 1. The zero-order chi connectivity index (χ0) is 17.3. The molecular weight excluding hydrogens is 336 g/mol. The Morgan fingerprint density at radius 3 is 2.64 bits per heavy atom. The lowest BCUT2D eigenvalue weighted by Gasteiger charge is -2.28. The quantitative estimate of drug-likeness (QED) is 0.884. The molecule has 2 bridgehead atoms. The highest BCUT2D eigenvalue weighted by molar-refractivity contribution is 5.85. The van der Waals surface area contributed by atoms with Crippen LogP contribution in [0.1, 0.15) is 57.1 Å². The van der Waals surface area contributed by atoms with Crippen molar-refractivity contribution in [2.75, 3.05) is 13.1 Å². The van der Waals surface area contributed by atoms with Crippen LogP contribution in [0.3, 0.4) is 0 Å². The van der Waals surface area contributed by atoms with E-state index in [4.69, 9.17) is 4.74 Å². The molecule has 2 saturated heterocycles. The van der Waals surface area contributed by atoms with Crippen LogP contribution in [0.2, 0.25) is 0 Å². The summed E-state index contributed by atoms with van der Waals surface area (Å²) in [4.78, 5) is 14.9. The van der Waals surface area contributed by atoms with E-state index in [1.807, 2.05) is 17.9 Å². The van der Waals surface area contributed by atoms with Gasteiger partial charge in [-0.2, -0.15) is 0 Å². The number of hydrogen-bond donors (Lipinski definition) is 1. The molecule has 140 valence electrons. The second-order valence-electron chi connectivity index (χ2n) is 7.67. The smallest absolute Gasteiger partial charge is 0.263 e. The summed E-state index contributed by atoms with van der Waals surface area (Å²) >= 11 is 0. The summed E-state index contributed by atoms with van der Waals surface area (Å²) < 4.78 is 6.11. The van der Waals surface area contributed by atoms with Crippen LogP contribution in [0.15, 0.2) is 18.2 Å². The van der Waals surface area contributed by atoms with Crippen molar-refractivity contribution in [2.45, 2.75) is 71.1 Å². The molecule has 0 saturated carbocycles. The number of amides is 1. The van der Waals surface area contributed by atoms with Gasteiger partial charge in [0.25, 0.3) is 5.91 Å².